The van der Waals surface area contributed by atoms with E-state index < -0.39 is 0 Å². The second kappa shape index (κ2) is 3.65. The Bertz CT molecular complexity index is 806. The molecule has 4 heterocycles. The number of hydrogen-bond donors (Lipinski definition) is 1. The summed E-state index contributed by atoms with van der Waals surface area (Å²) in [4.78, 5) is 16.3. The van der Waals surface area contributed by atoms with Crippen molar-refractivity contribution in [3.05, 3.63) is 54.0 Å². The zero-order chi connectivity index (χ0) is 12.8. The minimum atomic E-state index is -0.0617. The van der Waals surface area contributed by atoms with Gasteiger partial charge in [-0.05, 0) is 23.8 Å². The lowest BCUT2D eigenvalue weighted by Gasteiger charge is -2.03. The molecule has 19 heavy (non-hydrogen) atoms. The van der Waals surface area contributed by atoms with Crippen LogP contribution in [0.2, 0.25) is 0 Å². The third-order valence-corrected chi connectivity index (χ3v) is 3.39. The highest BCUT2D eigenvalue weighted by molar-refractivity contribution is 6.04. The molecule has 0 aliphatic carbocycles. The molecule has 0 fully saturated rings. The molecular formula is C14H10N4O. The predicted octanol–water partition coefficient (Wildman–Crippen LogP) is 1.64. The molecule has 1 aliphatic heterocycles. The highest BCUT2D eigenvalue weighted by atomic mass is 16.1. The average Bonchev–Trinajstić information content (AvgIpc) is 3.03. The first-order chi connectivity index (χ1) is 9.34. The van der Waals surface area contributed by atoms with Crippen LogP contribution in [0.4, 0.5) is 0 Å². The second-order valence-electron chi connectivity index (χ2n) is 4.47. The van der Waals surface area contributed by atoms with E-state index in [2.05, 4.69) is 15.4 Å². The van der Waals surface area contributed by atoms with E-state index >= 15 is 0 Å². The minimum absolute atomic E-state index is 0.0617. The monoisotopic (exact) mass is 250 g/mol. The van der Waals surface area contributed by atoms with Gasteiger partial charge in [-0.3, -0.25) is 9.78 Å². The minimum Gasteiger partial charge on any atom is -0.348 e. The molecule has 92 valence electrons. The molecule has 0 atom stereocenters. The smallest absolute Gasteiger partial charge is 0.254 e. The number of hydrogen-bond acceptors (Lipinski definition) is 3. The maximum atomic E-state index is 11.9. The van der Waals surface area contributed by atoms with E-state index in [1.54, 1.807) is 16.9 Å². The third-order valence-electron chi connectivity index (χ3n) is 3.39. The van der Waals surface area contributed by atoms with Crippen LogP contribution in [0.1, 0.15) is 15.9 Å². The Balaban J connectivity index is 2.04. The van der Waals surface area contributed by atoms with Gasteiger partial charge >= 0.3 is 0 Å². The van der Waals surface area contributed by atoms with Crippen molar-refractivity contribution in [2.75, 3.05) is 0 Å². The van der Waals surface area contributed by atoms with Crippen molar-refractivity contribution < 1.29 is 4.79 Å². The molecule has 4 rings (SSSR count). The number of pyridine rings is 2. The van der Waals surface area contributed by atoms with Gasteiger partial charge in [0, 0.05) is 24.5 Å². The van der Waals surface area contributed by atoms with Crippen LogP contribution in [0, 0.1) is 0 Å². The molecule has 0 unspecified atom stereocenters. The highest BCUT2D eigenvalue weighted by Crippen LogP contribution is 2.29. The first-order valence-corrected chi connectivity index (χ1v) is 6.03. The third kappa shape index (κ3) is 1.38. The van der Waals surface area contributed by atoms with Crippen LogP contribution in [0.5, 0.6) is 0 Å². The normalized spacial score (nSPS) is 13.6. The van der Waals surface area contributed by atoms with Crippen LogP contribution < -0.4 is 5.32 Å². The highest BCUT2D eigenvalue weighted by Gasteiger charge is 2.25. The second-order valence-corrected chi connectivity index (χ2v) is 4.47. The Hall–Kier alpha value is -2.69. The zero-order valence-corrected chi connectivity index (χ0v) is 10.00. The van der Waals surface area contributed by atoms with Crippen LogP contribution in [0.3, 0.4) is 0 Å². The summed E-state index contributed by atoms with van der Waals surface area (Å²) < 4.78 is 1.78. The molecule has 3 aromatic heterocycles. The molecule has 0 spiro atoms. The maximum absolute atomic E-state index is 11.9. The van der Waals surface area contributed by atoms with Gasteiger partial charge in [0.25, 0.3) is 5.91 Å². The van der Waals surface area contributed by atoms with Crippen molar-refractivity contribution >= 4 is 11.4 Å². The van der Waals surface area contributed by atoms with E-state index in [1.807, 2.05) is 30.5 Å². The van der Waals surface area contributed by atoms with Gasteiger partial charge in [-0.2, -0.15) is 5.10 Å². The number of rotatable bonds is 1. The van der Waals surface area contributed by atoms with Gasteiger partial charge in [0.15, 0.2) is 0 Å². The molecule has 1 aliphatic rings. The van der Waals surface area contributed by atoms with E-state index in [-0.39, 0.29) is 5.91 Å². The first kappa shape index (κ1) is 10.3. The molecule has 1 N–H and O–H groups in total. The van der Waals surface area contributed by atoms with E-state index in [0.717, 1.165) is 16.6 Å². The Labute approximate surface area is 108 Å². The van der Waals surface area contributed by atoms with Gasteiger partial charge in [0.05, 0.1) is 23.0 Å². The van der Waals surface area contributed by atoms with Crippen LogP contribution in [-0.2, 0) is 6.54 Å². The Morgan fingerprint density at radius 2 is 2.21 bits per heavy atom. The summed E-state index contributed by atoms with van der Waals surface area (Å²) in [5.74, 6) is -0.0617. The molecular weight excluding hydrogens is 240 g/mol. The molecule has 0 aromatic carbocycles. The van der Waals surface area contributed by atoms with Gasteiger partial charge in [-0.25, -0.2) is 4.52 Å². The lowest BCUT2D eigenvalue weighted by molar-refractivity contribution is 0.0966. The predicted molar refractivity (Wildman–Crippen MR) is 69.6 cm³/mol. The van der Waals surface area contributed by atoms with Gasteiger partial charge in [0.1, 0.15) is 0 Å². The Kier molecular flexibility index (Phi) is 1.97. The maximum Gasteiger partial charge on any atom is 0.254 e. The number of fused-ring (bicyclic) bond motifs is 2. The summed E-state index contributed by atoms with van der Waals surface area (Å²) in [6.07, 6.45) is 5.37. The molecule has 1 amide bonds. The Morgan fingerprint density at radius 3 is 3.16 bits per heavy atom. The van der Waals surface area contributed by atoms with Crippen LogP contribution in [0.15, 0.2) is 42.9 Å². The number of amides is 1. The lowest BCUT2D eigenvalue weighted by Crippen LogP contribution is -2.13. The zero-order valence-electron chi connectivity index (χ0n) is 10.00. The number of aromatic nitrogens is 3. The first-order valence-electron chi connectivity index (χ1n) is 6.03. The van der Waals surface area contributed by atoms with Crippen molar-refractivity contribution in [3.8, 4) is 11.3 Å². The summed E-state index contributed by atoms with van der Waals surface area (Å²) >= 11 is 0. The SMILES string of the molecule is O=C1NCc2ccnc(-c3cnn4ccccc34)c21. The largest absolute Gasteiger partial charge is 0.348 e. The Morgan fingerprint density at radius 1 is 1.26 bits per heavy atom. The topological polar surface area (TPSA) is 59.3 Å². The van der Waals surface area contributed by atoms with Crippen LogP contribution >= 0.6 is 0 Å². The molecule has 0 radical (unpaired) electrons. The molecule has 0 saturated heterocycles. The quantitative estimate of drug-likeness (QED) is 0.714. The molecule has 3 aromatic rings. The van der Waals surface area contributed by atoms with Gasteiger partial charge in [0.2, 0.25) is 0 Å². The van der Waals surface area contributed by atoms with Gasteiger partial charge in [-0.15, -0.1) is 0 Å². The van der Waals surface area contributed by atoms with Crippen LogP contribution in [0.25, 0.3) is 16.8 Å². The fraction of sp³-hybridized carbons (Fsp3) is 0.0714. The summed E-state index contributed by atoms with van der Waals surface area (Å²) in [6.45, 7) is 0.572. The van der Waals surface area contributed by atoms with Crippen molar-refractivity contribution in [1.29, 1.82) is 0 Å². The fourth-order valence-electron chi connectivity index (χ4n) is 2.49. The molecule has 0 saturated carbocycles. The van der Waals surface area contributed by atoms with Gasteiger partial charge in [-0.1, -0.05) is 6.07 Å². The molecule has 0 bridgehead atoms. The van der Waals surface area contributed by atoms with E-state index in [0.29, 0.717) is 17.8 Å². The number of carbonyl (C=O) groups excluding carboxylic acids is 1. The van der Waals surface area contributed by atoms with E-state index in [1.165, 1.54) is 0 Å². The average molecular weight is 250 g/mol. The number of nitrogens with zero attached hydrogens (tertiary/aromatic N) is 3. The van der Waals surface area contributed by atoms with Crippen molar-refractivity contribution in [2.24, 2.45) is 0 Å². The van der Waals surface area contributed by atoms with Crippen molar-refractivity contribution in [2.45, 2.75) is 6.54 Å². The standard InChI is InChI=1S/C14H10N4O/c19-14-12-9(7-16-14)4-5-15-13(12)10-8-17-18-6-2-1-3-11(10)18/h1-6,8H,7H2,(H,16,19). The van der Waals surface area contributed by atoms with Crippen molar-refractivity contribution in [1.82, 2.24) is 19.9 Å². The lowest BCUT2D eigenvalue weighted by atomic mass is 10.0. The summed E-state index contributed by atoms with van der Waals surface area (Å²) in [5.41, 5.74) is 4.19. The van der Waals surface area contributed by atoms with E-state index in [9.17, 15) is 4.79 Å². The number of nitrogens with one attached hydrogen (secondary N) is 1. The summed E-state index contributed by atoms with van der Waals surface area (Å²) in [6, 6.07) is 7.71. The molecule has 5 nitrogen and oxygen atoms in total. The fourth-order valence-corrected chi connectivity index (χ4v) is 2.49. The summed E-state index contributed by atoms with van der Waals surface area (Å²) in [7, 11) is 0. The molecule has 5 heteroatoms. The number of carbonyl (C=O) groups is 1. The summed E-state index contributed by atoms with van der Waals surface area (Å²) in [5, 5.41) is 7.12. The van der Waals surface area contributed by atoms with E-state index in [4.69, 9.17) is 0 Å². The van der Waals surface area contributed by atoms with Gasteiger partial charge < -0.3 is 5.32 Å². The van der Waals surface area contributed by atoms with Crippen LogP contribution in [-0.4, -0.2) is 20.5 Å². The van der Waals surface area contributed by atoms with Crippen molar-refractivity contribution in [3.63, 3.8) is 0 Å².